The van der Waals surface area contributed by atoms with Crippen molar-refractivity contribution in [3.63, 3.8) is 0 Å². The molecule has 34 heavy (non-hydrogen) atoms. The Morgan fingerprint density at radius 1 is 1.09 bits per heavy atom. The molecule has 0 aromatic heterocycles. The number of hydrogen-bond donors (Lipinski definition) is 2. The maximum Gasteiger partial charge on any atom is 0.411 e. The molecule has 0 aliphatic carbocycles. The summed E-state index contributed by atoms with van der Waals surface area (Å²) in [5.41, 5.74) is 2.74. The van der Waals surface area contributed by atoms with E-state index in [9.17, 15) is 14.4 Å². The number of hydrogen-bond acceptors (Lipinski definition) is 5. The van der Waals surface area contributed by atoms with Crippen LogP contribution in [0.5, 0.6) is 5.75 Å². The Kier molecular flexibility index (Phi) is 7.49. The van der Waals surface area contributed by atoms with E-state index in [1.54, 1.807) is 39.8 Å². The van der Waals surface area contributed by atoms with Gasteiger partial charge in [0, 0.05) is 6.42 Å². The van der Waals surface area contributed by atoms with Gasteiger partial charge in [-0.05, 0) is 63.4 Å². The summed E-state index contributed by atoms with van der Waals surface area (Å²) in [4.78, 5) is 40.5. The fourth-order valence-electron chi connectivity index (χ4n) is 3.81. The number of carbonyl (C=O) groups excluding carboxylic acids is 3. The molecule has 8 nitrogen and oxygen atoms in total. The highest BCUT2D eigenvalue weighted by atomic mass is 16.6. The molecule has 0 radical (unpaired) electrons. The first-order valence-electron chi connectivity index (χ1n) is 11.3. The molecule has 8 heteroatoms. The minimum atomic E-state index is -0.838. The molecule has 0 bridgehead atoms. The minimum Gasteiger partial charge on any atom is -0.495 e. The molecular formula is C26H33N3O5. The highest BCUT2D eigenvalue weighted by Crippen LogP contribution is 2.27. The molecule has 1 heterocycles. The molecule has 3 amide bonds. The third-order valence-electron chi connectivity index (χ3n) is 5.54. The summed E-state index contributed by atoms with van der Waals surface area (Å²) in [5, 5.41) is 5.57. The molecule has 2 aromatic carbocycles. The van der Waals surface area contributed by atoms with Gasteiger partial charge < -0.3 is 20.1 Å². The Morgan fingerprint density at radius 2 is 1.76 bits per heavy atom. The van der Waals surface area contributed by atoms with Crippen LogP contribution in [-0.4, -0.2) is 47.6 Å². The summed E-state index contributed by atoms with van der Waals surface area (Å²) in [6.45, 7) is 9.11. The molecule has 2 atom stereocenters. The van der Waals surface area contributed by atoms with E-state index in [0.717, 1.165) is 16.7 Å². The predicted molar refractivity (Wildman–Crippen MR) is 130 cm³/mol. The summed E-state index contributed by atoms with van der Waals surface area (Å²) in [5.74, 6) is -0.283. The second-order valence-electron chi connectivity index (χ2n) is 9.52. The van der Waals surface area contributed by atoms with Crippen LogP contribution in [0, 0.1) is 6.92 Å². The summed E-state index contributed by atoms with van der Waals surface area (Å²) >= 11 is 0. The fourth-order valence-corrected chi connectivity index (χ4v) is 3.81. The molecule has 0 saturated carbocycles. The molecule has 0 saturated heterocycles. The van der Waals surface area contributed by atoms with Gasteiger partial charge in [-0.25, -0.2) is 4.79 Å². The topological polar surface area (TPSA) is 97.0 Å². The lowest BCUT2D eigenvalue weighted by molar-refractivity contribution is -0.130. The van der Waals surface area contributed by atoms with E-state index in [2.05, 4.69) is 10.6 Å². The highest BCUT2D eigenvalue weighted by molar-refractivity contribution is 5.99. The van der Waals surface area contributed by atoms with Crippen LogP contribution in [0.3, 0.4) is 0 Å². The molecule has 182 valence electrons. The SMILES string of the molecule is COc1ccc(C)cc1NC(=O)C(C)NC(=O)C1Cc2ccccc2CN1C(=O)OC(C)(C)C. The number of anilines is 1. The van der Waals surface area contributed by atoms with Crippen molar-refractivity contribution in [3.8, 4) is 5.75 Å². The summed E-state index contributed by atoms with van der Waals surface area (Å²) in [7, 11) is 1.53. The van der Waals surface area contributed by atoms with E-state index in [0.29, 0.717) is 17.9 Å². The zero-order chi connectivity index (χ0) is 25.0. The van der Waals surface area contributed by atoms with Crippen molar-refractivity contribution >= 4 is 23.6 Å². The quantitative estimate of drug-likeness (QED) is 0.697. The van der Waals surface area contributed by atoms with Crippen molar-refractivity contribution < 1.29 is 23.9 Å². The molecule has 2 N–H and O–H groups in total. The van der Waals surface area contributed by atoms with Crippen molar-refractivity contribution in [2.45, 2.75) is 65.3 Å². The maximum atomic E-state index is 13.3. The van der Waals surface area contributed by atoms with Crippen LogP contribution < -0.4 is 15.4 Å². The van der Waals surface area contributed by atoms with E-state index in [4.69, 9.17) is 9.47 Å². The number of aryl methyl sites for hydroxylation is 1. The van der Waals surface area contributed by atoms with Gasteiger partial charge in [0.1, 0.15) is 23.4 Å². The van der Waals surface area contributed by atoms with E-state index >= 15 is 0 Å². The minimum absolute atomic E-state index is 0.254. The average Bonchev–Trinajstić information content (AvgIpc) is 2.77. The Morgan fingerprint density at radius 3 is 2.41 bits per heavy atom. The van der Waals surface area contributed by atoms with Crippen molar-refractivity contribution in [3.05, 3.63) is 59.2 Å². The van der Waals surface area contributed by atoms with Crippen LogP contribution >= 0.6 is 0 Å². The number of methoxy groups -OCH3 is 1. The predicted octanol–water partition coefficient (Wildman–Crippen LogP) is 3.81. The van der Waals surface area contributed by atoms with Gasteiger partial charge in [-0.3, -0.25) is 14.5 Å². The Hall–Kier alpha value is -3.55. The first-order chi connectivity index (χ1) is 16.0. The normalized spacial score (nSPS) is 16.2. The molecule has 0 spiro atoms. The van der Waals surface area contributed by atoms with Crippen LogP contribution in [0.4, 0.5) is 10.5 Å². The number of nitrogens with one attached hydrogen (secondary N) is 2. The lowest BCUT2D eigenvalue weighted by Crippen LogP contribution is -2.56. The first-order valence-corrected chi connectivity index (χ1v) is 11.3. The Bertz CT molecular complexity index is 1080. The standard InChI is InChI=1S/C26H33N3O5/c1-16-11-12-22(33-6)20(13-16)28-23(30)17(2)27-24(31)21-14-18-9-7-8-10-19(18)15-29(21)25(32)34-26(3,4)5/h7-13,17,21H,14-15H2,1-6H3,(H,27,31)(H,28,30). The van der Waals surface area contributed by atoms with Crippen LogP contribution in [-0.2, 0) is 27.3 Å². The van der Waals surface area contributed by atoms with Gasteiger partial charge in [0.05, 0.1) is 19.3 Å². The first kappa shape index (κ1) is 25.1. The van der Waals surface area contributed by atoms with Gasteiger partial charge in [0.15, 0.2) is 0 Å². The highest BCUT2D eigenvalue weighted by Gasteiger charge is 2.37. The van der Waals surface area contributed by atoms with Crippen LogP contribution in [0.2, 0.25) is 0 Å². The van der Waals surface area contributed by atoms with E-state index in [1.165, 1.54) is 12.0 Å². The van der Waals surface area contributed by atoms with Crippen LogP contribution in [0.15, 0.2) is 42.5 Å². The van der Waals surface area contributed by atoms with Gasteiger partial charge in [0.2, 0.25) is 11.8 Å². The largest absolute Gasteiger partial charge is 0.495 e. The number of fused-ring (bicyclic) bond motifs is 1. The number of rotatable bonds is 5. The van der Waals surface area contributed by atoms with Gasteiger partial charge in [-0.1, -0.05) is 30.3 Å². The summed E-state index contributed by atoms with van der Waals surface area (Å²) in [6.07, 6.45) is -0.231. The third kappa shape index (κ3) is 6.07. The van der Waals surface area contributed by atoms with E-state index < -0.39 is 35.6 Å². The lowest BCUT2D eigenvalue weighted by atomic mass is 9.93. The molecular weight excluding hydrogens is 434 g/mol. The maximum absolute atomic E-state index is 13.3. The van der Waals surface area contributed by atoms with Crippen molar-refractivity contribution in [1.29, 1.82) is 0 Å². The second kappa shape index (κ2) is 10.2. The van der Waals surface area contributed by atoms with Gasteiger partial charge in [-0.2, -0.15) is 0 Å². The Labute approximate surface area is 200 Å². The smallest absolute Gasteiger partial charge is 0.411 e. The number of amides is 3. The van der Waals surface area contributed by atoms with Crippen molar-refractivity contribution in [2.75, 3.05) is 12.4 Å². The van der Waals surface area contributed by atoms with Crippen molar-refractivity contribution in [2.24, 2.45) is 0 Å². The van der Waals surface area contributed by atoms with Gasteiger partial charge in [-0.15, -0.1) is 0 Å². The number of nitrogens with zero attached hydrogens (tertiary/aromatic N) is 1. The van der Waals surface area contributed by atoms with E-state index in [1.807, 2.05) is 37.3 Å². The number of ether oxygens (including phenoxy) is 2. The summed E-state index contributed by atoms with van der Waals surface area (Å²) < 4.78 is 10.9. The second-order valence-corrected chi connectivity index (χ2v) is 9.52. The molecule has 2 aromatic rings. The molecule has 0 fully saturated rings. The van der Waals surface area contributed by atoms with Gasteiger partial charge in [0.25, 0.3) is 0 Å². The molecule has 1 aliphatic heterocycles. The Balaban J connectivity index is 1.75. The number of benzene rings is 2. The fraction of sp³-hybridized carbons (Fsp3) is 0.423. The molecule has 2 unspecified atom stereocenters. The van der Waals surface area contributed by atoms with Crippen molar-refractivity contribution in [1.82, 2.24) is 10.2 Å². The average molecular weight is 468 g/mol. The van der Waals surface area contributed by atoms with Gasteiger partial charge >= 0.3 is 6.09 Å². The number of carbonyl (C=O) groups is 3. The zero-order valence-corrected chi connectivity index (χ0v) is 20.6. The van der Waals surface area contributed by atoms with Crippen LogP contribution in [0.1, 0.15) is 44.4 Å². The monoisotopic (exact) mass is 467 g/mol. The molecule has 1 aliphatic rings. The molecule has 3 rings (SSSR count). The van der Waals surface area contributed by atoms with E-state index in [-0.39, 0.29) is 6.54 Å². The lowest BCUT2D eigenvalue weighted by Gasteiger charge is -2.37. The summed E-state index contributed by atoms with van der Waals surface area (Å²) in [6, 6.07) is 11.5. The zero-order valence-electron chi connectivity index (χ0n) is 20.6. The van der Waals surface area contributed by atoms with Crippen LogP contribution in [0.25, 0.3) is 0 Å². The third-order valence-corrected chi connectivity index (χ3v) is 5.54.